The van der Waals surface area contributed by atoms with E-state index in [0.29, 0.717) is 18.8 Å². The van der Waals surface area contributed by atoms with E-state index in [1.807, 2.05) is 24.3 Å². The van der Waals surface area contributed by atoms with Crippen molar-refractivity contribution in [3.05, 3.63) is 65.7 Å². The lowest BCUT2D eigenvalue weighted by atomic mass is 10.1. The number of benzene rings is 1. The summed E-state index contributed by atoms with van der Waals surface area (Å²) in [7, 11) is 0. The number of furan rings is 1. The maximum atomic E-state index is 10.9. The molecular formula is C16H13NO4. The zero-order valence-corrected chi connectivity index (χ0v) is 11.2. The topological polar surface area (TPSA) is 72.6 Å². The Morgan fingerprint density at radius 2 is 1.86 bits per heavy atom. The van der Waals surface area contributed by atoms with Crippen molar-refractivity contribution in [3.8, 4) is 0 Å². The van der Waals surface area contributed by atoms with Gasteiger partial charge >= 0.3 is 5.97 Å². The average Bonchev–Trinajstić information content (AvgIpc) is 2.92. The van der Waals surface area contributed by atoms with Crippen LogP contribution in [0.15, 0.2) is 53.2 Å². The Kier molecular flexibility index (Phi) is 3.66. The lowest BCUT2D eigenvalue weighted by Crippen LogP contribution is -1.94. The van der Waals surface area contributed by atoms with Gasteiger partial charge in [0.1, 0.15) is 5.58 Å². The second-order valence-electron chi connectivity index (χ2n) is 4.64. The van der Waals surface area contributed by atoms with E-state index in [1.165, 1.54) is 6.07 Å². The van der Waals surface area contributed by atoms with Crippen LogP contribution in [0.2, 0.25) is 0 Å². The summed E-state index contributed by atoms with van der Waals surface area (Å²) in [4.78, 5) is 14.8. The zero-order valence-electron chi connectivity index (χ0n) is 11.2. The maximum absolute atomic E-state index is 10.9. The SMILES string of the molecule is O=C(O)c1cc2cc(COCc3ccncc3)ccc2o1. The minimum atomic E-state index is -1.07. The first-order valence-electron chi connectivity index (χ1n) is 6.45. The quantitative estimate of drug-likeness (QED) is 0.778. The molecule has 0 aliphatic rings. The van der Waals surface area contributed by atoms with Gasteiger partial charge in [-0.15, -0.1) is 0 Å². The number of nitrogens with zero attached hydrogens (tertiary/aromatic N) is 1. The molecule has 1 aromatic carbocycles. The molecule has 0 aliphatic carbocycles. The first kappa shape index (κ1) is 13.3. The molecule has 0 aliphatic heterocycles. The Morgan fingerprint density at radius 3 is 2.62 bits per heavy atom. The Hall–Kier alpha value is -2.66. The summed E-state index contributed by atoms with van der Waals surface area (Å²) in [6.07, 6.45) is 3.45. The third-order valence-electron chi connectivity index (χ3n) is 3.08. The highest BCUT2D eigenvalue weighted by molar-refractivity contribution is 5.91. The zero-order chi connectivity index (χ0) is 14.7. The van der Waals surface area contributed by atoms with Gasteiger partial charge in [-0.3, -0.25) is 4.98 Å². The molecule has 0 amide bonds. The second kappa shape index (κ2) is 5.76. The number of hydrogen-bond donors (Lipinski definition) is 1. The highest BCUT2D eigenvalue weighted by Gasteiger charge is 2.10. The molecule has 0 bridgehead atoms. The van der Waals surface area contributed by atoms with Crippen LogP contribution in [0.5, 0.6) is 0 Å². The van der Waals surface area contributed by atoms with Gasteiger partial charge in [-0.2, -0.15) is 0 Å². The van der Waals surface area contributed by atoms with Crippen molar-refractivity contribution in [1.82, 2.24) is 4.98 Å². The van der Waals surface area contributed by atoms with Crippen LogP contribution < -0.4 is 0 Å². The molecule has 106 valence electrons. The Labute approximate surface area is 120 Å². The molecule has 0 unspecified atom stereocenters. The number of pyridine rings is 1. The standard InChI is InChI=1S/C16H13NO4/c18-16(19)15-8-13-7-12(1-2-14(13)21-15)10-20-9-11-3-5-17-6-4-11/h1-8H,9-10H2,(H,18,19). The van der Waals surface area contributed by atoms with E-state index in [9.17, 15) is 4.79 Å². The van der Waals surface area contributed by atoms with E-state index < -0.39 is 5.97 Å². The van der Waals surface area contributed by atoms with Gasteiger partial charge in [0.05, 0.1) is 13.2 Å². The van der Waals surface area contributed by atoms with Crippen LogP contribution in [-0.4, -0.2) is 16.1 Å². The molecule has 21 heavy (non-hydrogen) atoms. The van der Waals surface area contributed by atoms with E-state index in [4.69, 9.17) is 14.3 Å². The highest BCUT2D eigenvalue weighted by atomic mass is 16.5. The molecule has 5 nitrogen and oxygen atoms in total. The Morgan fingerprint density at radius 1 is 1.10 bits per heavy atom. The second-order valence-corrected chi connectivity index (χ2v) is 4.64. The van der Waals surface area contributed by atoms with Crippen LogP contribution in [0.4, 0.5) is 0 Å². The van der Waals surface area contributed by atoms with E-state index in [0.717, 1.165) is 16.5 Å². The van der Waals surface area contributed by atoms with Gasteiger partial charge in [-0.05, 0) is 41.5 Å². The maximum Gasteiger partial charge on any atom is 0.371 e. The van der Waals surface area contributed by atoms with Crippen LogP contribution in [0.25, 0.3) is 11.0 Å². The van der Waals surface area contributed by atoms with Gasteiger partial charge in [-0.1, -0.05) is 6.07 Å². The number of ether oxygens (including phenoxy) is 1. The van der Waals surface area contributed by atoms with Crippen molar-refractivity contribution >= 4 is 16.9 Å². The van der Waals surface area contributed by atoms with Crippen LogP contribution in [0.3, 0.4) is 0 Å². The monoisotopic (exact) mass is 283 g/mol. The fourth-order valence-corrected chi connectivity index (χ4v) is 2.05. The number of carboxylic acid groups (broad SMARTS) is 1. The van der Waals surface area contributed by atoms with E-state index in [1.54, 1.807) is 18.5 Å². The highest BCUT2D eigenvalue weighted by Crippen LogP contribution is 2.21. The number of fused-ring (bicyclic) bond motifs is 1. The van der Waals surface area contributed by atoms with Gasteiger partial charge in [0.25, 0.3) is 0 Å². The molecule has 0 spiro atoms. The van der Waals surface area contributed by atoms with E-state index in [2.05, 4.69) is 4.98 Å². The van der Waals surface area contributed by atoms with Gasteiger partial charge in [0, 0.05) is 17.8 Å². The fraction of sp³-hybridized carbons (Fsp3) is 0.125. The largest absolute Gasteiger partial charge is 0.475 e. The minimum Gasteiger partial charge on any atom is -0.475 e. The molecule has 2 aromatic heterocycles. The molecular weight excluding hydrogens is 270 g/mol. The molecule has 1 N–H and O–H groups in total. The van der Waals surface area contributed by atoms with Crippen LogP contribution in [0, 0.1) is 0 Å². The number of carbonyl (C=O) groups is 1. The van der Waals surface area contributed by atoms with Gasteiger partial charge in [0.2, 0.25) is 5.76 Å². The number of hydrogen-bond acceptors (Lipinski definition) is 4. The lowest BCUT2D eigenvalue weighted by molar-refractivity contribution is 0.0665. The molecule has 0 radical (unpaired) electrons. The smallest absolute Gasteiger partial charge is 0.371 e. The normalized spacial score (nSPS) is 10.9. The third kappa shape index (κ3) is 3.09. The molecule has 5 heteroatoms. The van der Waals surface area contributed by atoms with Crippen molar-refractivity contribution < 1.29 is 19.1 Å². The van der Waals surface area contributed by atoms with Gasteiger partial charge < -0.3 is 14.3 Å². The minimum absolute atomic E-state index is 0.0557. The van der Waals surface area contributed by atoms with E-state index in [-0.39, 0.29) is 5.76 Å². The average molecular weight is 283 g/mol. The van der Waals surface area contributed by atoms with Crippen molar-refractivity contribution in [2.24, 2.45) is 0 Å². The van der Waals surface area contributed by atoms with Gasteiger partial charge in [0.15, 0.2) is 0 Å². The molecule has 3 rings (SSSR count). The van der Waals surface area contributed by atoms with Gasteiger partial charge in [-0.25, -0.2) is 4.79 Å². The number of rotatable bonds is 5. The first-order chi connectivity index (χ1) is 10.2. The summed E-state index contributed by atoms with van der Waals surface area (Å²) in [5.41, 5.74) is 2.59. The predicted molar refractivity (Wildman–Crippen MR) is 75.9 cm³/mol. The summed E-state index contributed by atoms with van der Waals surface area (Å²) >= 11 is 0. The fourth-order valence-electron chi connectivity index (χ4n) is 2.05. The predicted octanol–water partition coefficient (Wildman–Crippen LogP) is 3.24. The van der Waals surface area contributed by atoms with Crippen LogP contribution in [0.1, 0.15) is 21.7 Å². The lowest BCUT2D eigenvalue weighted by Gasteiger charge is -2.04. The number of carboxylic acids is 1. The van der Waals surface area contributed by atoms with Crippen molar-refractivity contribution in [1.29, 1.82) is 0 Å². The van der Waals surface area contributed by atoms with Crippen molar-refractivity contribution in [2.75, 3.05) is 0 Å². The van der Waals surface area contributed by atoms with Crippen molar-refractivity contribution in [2.45, 2.75) is 13.2 Å². The molecule has 0 atom stereocenters. The third-order valence-corrected chi connectivity index (χ3v) is 3.08. The van der Waals surface area contributed by atoms with E-state index >= 15 is 0 Å². The summed E-state index contributed by atoms with van der Waals surface area (Å²) in [5.74, 6) is -1.12. The molecule has 0 fully saturated rings. The van der Waals surface area contributed by atoms with Crippen molar-refractivity contribution in [3.63, 3.8) is 0 Å². The number of aromatic carboxylic acids is 1. The Bertz CT molecular complexity index is 764. The number of aromatic nitrogens is 1. The van der Waals surface area contributed by atoms with Crippen LogP contribution in [-0.2, 0) is 18.0 Å². The molecule has 0 saturated heterocycles. The first-order valence-corrected chi connectivity index (χ1v) is 6.45. The summed E-state index contributed by atoms with van der Waals surface area (Å²) < 4.78 is 10.8. The molecule has 2 heterocycles. The summed E-state index contributed by atoms with van der Waals surface area (Å²) in [6, 6.07) is 10.8. The summed E-state index contributed by atoms with van der Waals surface area (Å²) in [6.45, 7) is 0.957. The Balaban J connectivity index is 1.68. The molecule has 0 saturated carbocycles. The molecule has 3 aromatic rings. The van der Waals surface area contributed by atoms with Crippen LogP contribution >= 0.6 is 0 Å². The summed E-state index contributed by atoms with van der Waals surface area (Å²) in [5, 5.41) is 9.66.